The molecular weight excluding hydrogens is 142 g/mol. The maximum atomic E-state index is 10.7. The van der Waals surface area contributed by atoms with Crippen LogP contribution in [-0.2, 0) is 13.2 Å². The van der Waals surface area contributed by atoms with Gasteiger partial charge in [-0.25, -0.2) is 4.79 Å². The van der Waals surface area contributed by atoms with Crippen LogP contribution in [-0.4, -0.2) is 15.5 Å². The maximum Gasteiger partial charge on any atom is 0.316 e. The van der Waals surface area contributed by atoms with Gasteiger partial charge in [0.05, 0.1) is 13.2 Å². The average Bonchev–Trinajstić information content (AvgIpc) is 2.40. The van der Waals surface area contributed by atoms with Crippen molar-refractivity contribution < 1.29 is 4.79 Å². The molecule has 11 heavy (non-hydrogen) atoms. The molecule has 1 aliphatic rings. The molecule has 4 nitrogen and oxygen atoms in total. The molecule has 2 N–H and O–H groups in total. The van der Waals surface area contributed by atoms with E-state index in [2.05, 4.69) is 0 Å². The molecule has 0 bridgehead atoms. The lowest BCUT2D eigenvalue weighted by Gasteiger charge is -2.09. The Hall–Kier alpha value is -1.45. The van der Waals surface area contributed by atoms with Gasteiger partial charge in [-0.3, -0.25) is 0 Å². The number of hydrogen-bond donors (Lipinski definition) is 1. The third-order valence-corrected chi connectivity index (χ3v) is 1.91. The summed E-state index contributed by atoms with van der Waals surface area (Å²) in [5, 5.41) is 0. The number of urea groups is 1. The SMILES string of the molecule is NC(=O)N1Cc2cccn2C1. The van der Waals surface area contributed by atoms with Gasteiger partial charge < -0.3 is 15.2 Å². The zero-order valence-corrected chi connectivity index (χ0v) is 6.03. The van der Waals surface area contributed by atoms with E-state index >= 15 is 0 Å². The van der Waals surface area contributed by atoms with Crippen molar-refractivity contribution in [2.75, 3.05) is 0 Å². The first kappa shape index (κ1) is 6.27. The van der Waals surface area contributed by atoms with E-state index in [0.717, 1.165) is 5.69 Å². The van der Waals surface area contributed by atoms with Crippen molar-refractivity contribution in [3.05, 3.63) is 24.0 Å². The van der Waals surface area contributed by atoms with Gasteiger partial charge in [0.2, 0.25) is 0 Å². The summed E-state index contributed by atoms with van der Waals surface area (Å²) in [4.78, 5) is 12.3. The van der Waals surface area contributed by atoms with Gasteiger partial charge in [0.1, 0.15) is 0 Å². The van der Waals surface area contributed by atoms with E-state index in [9.17, 15) is 4.79 Å². The first-order valence-corrected chi connectivity index (χ1v) is 3.46. The summed E-state index contributed by atoms with van der Waals surface area (Å²) < 4.78 is 2.00. The van der Waals surface area contributed by atoms with Crippen LogP contribution >= 0.6 is 0 Å². The smallest absolute Gasteiger partial charge is 0.316 e. The summed E-state index contributed by atoms with van der Waals surface area (Å²) in [6.45, 7) is 1.24. The summed E-state index contributed by atoms with van der Waals surface area (Å²) in [7, 11) is 0. The van der Waals surface area contributed by atoms with Gasteiger partial charge in [0.25, 0.3) is 0 Å². The van der Waals surface area contributed by atoms with Crippen LogP contribution < -0.4 is 5.73 Å². The van der Waals surface area contributed by atoms with E-state index in [1.54, 1.807) is 4.90 Å². The molecule has 2 heterocycles. The highest BCUT2D eigenvalue weighted by atomic mass is 16.2. The normalized spacial score (nSPS) is 15.1. The Balaban J connectivity index is 2.22. The fourth-order valence-corrected chi connectivity index (χ4v) is 1.31. The molecule has 0 unspecified atom stereocenters. The van der Waals surface area contributed by atoms with Gasteiger partial charge in [0.15, 0.2) is 0 Å². The Bertz CT molecular complexity index is 271. The molecule has 4 heteroatoms. The van der Waals surface area contributed by atoms with Gasteiger partial charge in [-0.1, -0.05) is 0 Å². The summed E-state index contributed by atoms with van der Waals surface area (Å²) in [5.41, 5.74) is 6.25. The Morgan fingerprint density at radius 2 is 2.45 bits per heavy atom. The number of aromatic nitrogens is 1. The van der Waals surface area contributed by atoms with Crippen molar-refractivity contribution in [2.24, 2.45) is 5.73 Å². The third-order valence-electron chi connectivity index (χ3n) is 1.91. The highest BCUT2D eigenvalue weighted by Crippen LogP contribution is 2.14. The second-order valence-corrected chi connectivity index (χ2v) is 2.65. The average molecular weight is 151 g/mol. The lowest BCUT2D eigenvalue weighted by atomic mass is 10.4. The van der Waals surface area contributed by atoms with Crippen LogP contribution in [0.2, 0.25) is 0 Å². The molecule has 2 rings (SSSR count). The molecule has 1 aliphatic heterocycles. The third kappa shape index (κ3) is 0.869. The summed E-state index contributed by atoms with van der Waals surface area (Å²) in [6.07, 6.45) is 1.94. The van der Waals surface area contributed by atoms with Gasteiger partial charge >= 0.3 is 6.03 Å². The Morgan fingerprint density at radius 1 is 1.64 bits per heavy atom. The molecule has 1 aromatic heterocycles. The fraction of sp³-hybridized carbons (Fsp3) is 0.286. The molecule has 0 saturated heterocycles. The molecule has 0 aliphatic carbocycles. The second kappa shape index (κ2) is 2.02. The lowest BCUT2D eigenvalue weighted by molar-refractivity contribution is 0.202. The van der Waals surface area contributed by atoms with E-state index in [4.69, 9.17) is 5.73 Å². The summed E-state index contributed by atoms with van der Waals surface area (Å²) >= 11 is 0. The number of carbonyl (C=O) groups is 1. The van der Waals surface area contributed by atoms with Gasteiger partial charge in [-0.15, -0.1) is 0 Å². The topological polar surface area (TPSA) is 51.3 Å². The number of carbonyl (C=O) groups excluding carboxylic acids is 1. The highest BCUT2D eigenvalue weighted by molar-refractivity contribution is 5.72. The Morgan fingerprint density at radius 3 is 3.09 bits per heavy atom. The van der Waals surface area contributed by atoms with Gasteiger partial charge in [0, 0.05) is 11.9 Å². The quantitative estimate of drug-likeness (QED) is 0.571. The lowest BCUT2D eigenvalue weighted by Crippen LogP contribution is -2.31. The molecule has 0 radical (unpaired) electrons. The van der Waals surface area contributed by atoms with Gasteiger partial charge in [-0.05, 0) is 12.1 Å². The van der Waals surface area contributed by atoms with Crippen molar-refractivity contribution >= 4 is 6.03 Å². The van der Waals surface area contributed by atoms with Crippen molar-refractivity contribution in [1.29, 1.82) is 0 Å². The molecule has 2 amide bonds. The highest BCUT2D eigenvalue weighted by Gasteiger charge is 2.19. The van der Waals surface area contributed by atoms with Crippen LogP contribution in [0, 0.1) is 0 Å². The number of amides is 2. The number of nitrogens with two attached hydrogens (primary N) is 1. The minimum atomic E-state index is -0.353. The second-order valence-electron chi connectivity index (χ2n) is 2.65. The monoisotopic (exact) mass is 151 g/mol. The molecule has 0 saturated carbocycles. The predicted octanol–water partition coefficient (Wildman–Crippen LogP) is 0.340. The minimum absolute atomic E-state index is 0.353. The van der Waals surface area contributed by atoms with Crippen molar-refractivity contribution in [1.82, 2.24) is 9.47 Å². The molecule has 1 aromatic rings. The van der Waals surface area contributed by atoms with Crippen LogP contribution in [0.3, 0.4) is 0 Å². The zero-order chi connectivity index (χ0) is 7.84. The van der Waals surface area contributed by atoms with Crippen LogP contribution in [0.15, 0.2) is 18.3 Å². The van der Waals surface area contributed by atoms with Crippen LogP contribution in [0.25, 0.3) is 0 Å². The zero-order valence-electron chi connectivity index (χ0n) is 6.03. The number of nitrogens with zero attached hydrogens (tertiary/aromatic N) is 2. The van der Waals surface area contributed by atoms with E-state index in [-0.39, 0.29) is 6.03 Å². The van der Waals surface area contributed by atoms with Gasteiger partial charge in [-0.2, -0.15) is 0 Å². The van der Waals surface area contributed by atoms with Crippen molar-refractivity contribution in [2.45, 2.75) is 13.2 Å². The molecule has 0 spiro atoms. The molecular formula is C7H9N3O. The molecule has 58 valence electrons. The first-order chi connectivity index (χ1) is 5.27. The summed E-state index contributed by atoms with van der Waals surface area (Å²) in [5.74, 6) is 0. The molecule has 0 fully saturated rings. The minimum Gasteiger partial charge on any atom is -0.351 e. The van der Waals surface area contributed by atoms with Crippen LogP contribution in [0.5, 0.6) is 0 Å². The molecule has 0 atom stereocenters. The van der Waals surface area contributed by atoms with Crippen LogP contribution in [0.4, 0.5) is 4.79 Å². The number of hydrogen-bond acceptors (Lipinski definition) is 1. The Kier molecular flexibility index (Phi) is 1.15. The Labute approximate surface area is 64.2 Å². The van der Waals surface area contributed by atoms with Crippen molar-refractivity contribution in [3.8, 4) is 0 Å². The standard InChI is InChI=1S/C7H9N3O/c8-7(11)10-4-6-2-1-3-9(6)5-10/h1-3H,4-5H2,(H2,8,11). The van der Waals surface area contributed by atoms with E-state index in [1.807, 2.05) is 22.9 Å². The number of rotatable bonds is 0. The van der Waals surface area contributed by atoms with E-state index in [1.165, 1.54) is 0 Å². The fourth-order valence-electron chi connectivity index (χ4n) is 1.31. The molecule has 0 aromatic carbocycles. The number of fused-ring (bicyclic) bond motifs is 1. The first-order valence-electron chi connectivity index (χ1n) is 3.46. The van der Waals surface area contributed by atoms with E-state index in [0.29, 0.717) is 13.2 Å². The van der Waals surface area contributed by atoms with Crippen LogP contribution in [0.1, 0.15) is 5.69 Å². The predicted molar refractivity (Wildman–Crippen MR) is 39.6 cm³/mol. The van der Waals surface area contributed by atoms with E-state index < -0.39 is 0 Å². The number of primary amides is 1. The van der Waals surface area contributed by atoms with Crippen molar-refractivity contribution in [3.63, 3.8) is 0 Å². The maximum absolute atomic E-state index is 10.7. The summed E-state index contributed by atoms with van der Waals surface area (Å²) in [6, 6.07) is 3.60. The largest absolute Gasteiger partial charge is 0.351 e.